The number of nitrogens with zero attached hydrogens (tertiary/aromatic N) is 4. The normalized spacial score (nSPS) is 10.2. The first kappa shape index (κ1) is 11.8. The molecule has 2 rings (SSSR count). The van der Waals surface area contributed by atoms with Gasteiger partial charge in [-0.2, -0.15) is 5.26 Å². The average molecular weight is 291 g/mol. The smallest absolute Gasteiger partial charge is 0.186 e. The van der Waals surface area contributed by atoms with Gasteiger partial charge in [-0.25, -0.2) is 4.68 Å². The van der Waals surface area contributed by atoms with Crippen molar-refractivity contribution in [2.45, 2.75) is 19.8 Å². The SMILES string of the molecule is CCCc1c(C#N)nnn1-c1cccc(Br)c1. The zero-order valence-electron chi connectivity index (χ0n) is 9.39. The maximum absolute atomic E-state index is 8.98. The lowest BCUT2D eigenvalue weighted by Gasteiger charge is -2.05. The minimum absolute atomic E-state index is 0.409. The molecule has 86 valence electrons. The van der Waals surface area contributed by atoms with E-state index in [1.807, 2.05) is 24.3 Å². The highest BCUT2D eigenvalue weighted by molar-refractivity contribution is 9.10. The molecule has 1 aromatic heterocycles. The Labute approximate surface area is 108 Å². The van der Waals surface area contributed by atoms with Crippen LogP contribution in [0, 0.1) is 11.3 Å². The van der Waals surface area contributed by atoms with Crippen molar-refractivity contribution >= 4 is 15.9 Å². The summed E-state index contributed by atoms with van der Waals surface area (Å²) in [4.78, 5) is 0. The molecular weight excluding hydrogens is 280 g/mol. The van der Waals surface area contributed by atoms with Crippen molar-refractivity contribution in [1.29, 1.82) is 5.26 Å². The Morgan fingerprint density at radius 3 is 2.94 bits per heavy atom. The molecule has 1 aromatic carbocycles. The van der Waals surface area contributed by atoms with E-state index in [1.165, 1.54) is 0 Å². The predicted octanol–water partition coefficient (Wildman–Crippen LogP) is 2.85. The highest BCUT2D eigenvalue weighted by Gasteiger charge is 2.12. The number of aromatic nitrogens is 3. The average Bonchev–Trinajstić information content (AvgIpc) is 2.72. The molecule has 0 bridgehead atoms. The van der Waals surface area contributed by atoms with Crippen molar-refractivity contribution in [3.63, 3.8) is 0 Å². The van der Waals surface area contributed by atoms with Crippen molar-refractivity contribution < 1.29 is 0 Å². The van der Waals surface area contributed by atoms with Crippen LogP contribution < -0.4 is 0 Å². The van der Waals surface area contributed by atoms with Crippen molar-refractivity contribution in [1.82, 2.24) is 15.0 Å². The van der Waals surface area contributed by atoms with Gasteiger partial charge in [-0.3, -0.25) is 0 Å². The van der Waals surface area contributed by atoms with Gasteiger partial charge >= 0.3 is 0 Å². The minimum atomic E-state index is 0.409. The van der Waals surface area contributed by atoms with E-state index in [1.54, 1.807) is 4.68 Å². The quantitative estimate of drug-likeness (QED) is 0.873. The van der Waals surface area contributed by atoms with Crippen molar-refractivity contribution in [2.24, 2.45) is 0 Å². The fourth-order valence-electron chi connectivity index (χ4n) is 1.66. The van der Waals surface area contributed by atoms with Crippen molar-refractivity contribution in [3.05, 3.63) is 40.1 Å². The van der Waals surface area contributed by atoms with Crippen LogP contribution in [-0.2, 0) is 6.42 Å². The highest BCUT2D eigenvalue weighted by atomic mass is 79.9. The molecule has 5 heteroatoms. The number of hydrogen-bond acceptors (Lipinski definition) is 3. The molecule has 0 N–H and O–H groups in total. The van der Waals surface area contributed by atoms with Crippen LogP contribution >= 0.6 is 15.9 Å². The summed E-state index contributed by atoms with van der Waals surface area (Å²) in [5.41, 5.74) is 2.19. The third-order valence-corrected chi connectivity index (χ3v) is 2.90. The largest absolute Gasteiger partial charge is 0.216 e. The van der Waals surface area contributed by atoms with Crippen LogP contribution in [0.15, 0.2) is 28.7 Å². The molecule has 0 saturated carbocycles. The number of benzene rings is 1. The molecular formula is C12H11BrN4. The van der Waals surface area contributed by atoms with E-state index in [9.17, 15) is 0 Å². The summed E-state index contributed by atoms with van der Waals surface area (Å²) in [5, 5.41) is 16.9. The lowest BCUT2D eigenvalue weighted by atomic mass is 10.2. The maximum Gasteiger partial charge on any atom is 0.186 e. The molecule has 0 saturated heterocycles. The van der Waals surface area contributed by atoms with Crippen LogP contribution in [-0.4, -0.2) is 15.0 Å². The topological polar surface area (TPSA) is 54.5 Å². The van der Waals surface area contributed by atoms with Gasteiger partial charge in [-0.05, 0) is 24.6 Å². The Bertz CT molecular complexity index is 568. The predicted molar refractivity (Wildman–Crippen MR) is 67.8 cm³/mol. The molecule has 0 radical (unpaired) electrons. The monoisotopic (exact) mass is 290 g/mol. The Morgan fingerprint density at radius 1 is 1.47 bits per heavy atom. The van der Waals surface area contributed by atoms with Crippen LogP contribution in [0.1, 0.15) is 24.7 Å². The number of halogens is 1. The zero-order chi connectivity index (χ0) is 12.3. The summed E-state index contributed by atoms with van der Waals surface area (Å²) in [6.45, 7) is 2.07. The molecule has 0 unspecified atom stereocenters. The van der Waals surface area contributed by atoms with E-state index in [4.69, 9.17) is 5.26 Å². The number of hydrogen-bond donors (Lipinski definition) is 0. The number of rotatable bonds is 3. The second kappa shape index (κ2) is 5.11. The van der Waals surface area contributed by atoms with E-state index < -0.39 is 0 Å². The van der Waals surface area contributed by atoms with Gasteiger partial charge in [-0.15, -0.1) is 5.10 Å². The fraction of sp³-hybridized carbons (Fsp3) is 0.250. The molecule has 0 spiro atoms. The van der Waals surface area contributed by atoms with E-state index in [2.05, 4.69) is 39.2 Å². The molecule has 4 nitrogen and oxygen atoms in total. The first-order valence-corrected chi connectivity index (χ1v) is 6.16. The van der Waals surface area contributed by atoms with Gasteiger partial charge in [0.05, 0.1) is 11.4 Å². The minimum Gasteiger partial charge on any atom is -0.216 e. The summed E-state index contributed by atoms with van der Waals surface area (Å²) < 4.78 is 2.71. The summed E-state index contributed by atoms with van der Waals surface area (Å²) >= 11 is 3.42. The third-order valence-electron chi connectivity index (χ3n) is 2.41. The lowest BCUT2D eigenvalue weighted by Crippen LogP contribution is -2.02. The van der Waals surface area contributed by atoms with Gasteiger partial charge in [0, 0.05) is 4.47 Å². The number of nitriles is 1. The van der Waals surface area contributed by atoms with Gasteiger partial charge in [0.1, 0.15) is 6.07 Å². The molecule has 1 heterocycles. The van der Waals surface area contributed by atoms with Gasteiger partial charge in [-0.1, -0.05) is 40.6 Å². The molecule has 0 aliphatic carbocycles. The fourth-order valence-corrected chi connectivity index (χ4v) is 2.05. The summed E-state index contributed by atoms with van der Waals surface area (Å²) in [5.74, 6) is 0. The van der Waals surface area contributed by atoms with Crippen molar-refractivity contribution in [3.8, 4) is 11.8 Å². The molecule has 0 aliphatic rings. The zero-order valence-corrected chi connectivity index (χ0v) is 11.0. The summed E-state index contributed by atoms with van der Waals surface area (Å²) in [7, 11) is 0. The lowest BCUT2D eigenvalue weighted by molar-refractivity contribution is 0.745. The second-order valence-corrected chi connectivity index (χ2v) is 4.55. The van der Waals surface area contributed by atoms with E-state index in [-0.39, 0.29) is 0 Å². The van der Waals surface area contributed by atoms with Crippen LogP contribution in [0.5, 0.6) is 0 Å². The van der Waals surface area contributed by atoms with Crippen LogP contribution in [0.25, 0.3) is 5.69 Å². The Kier molecular flexibility index (Phi) is 3.55. The third kappa shape index (κ3) is 2.37. The van der Waals surface area contributed by atoms with Gasteiger partial charge in [0.25, 0.3) is 0 Å². The Morgan fingerprint density at radius 2 is 2.29 bits per heavy atom. The van der Waals surface area contributed by atoms with Gasteiger partial charge in [0.2, 0.25) is 0 Å². The second-order valence-electron chi connectivity index (χ2n) is 3.64. The van der Waals surface area contributed by atoms with E-state index in [0.717, 1.165) is 28.7 Å². The first-order valence-electron chi connectivity index (χ1n) is 5.37. The first-order chi connectivity index (χ1) is 8.26. The van der Waals surface area contributed by atoms with Crippen LogP contribution in [0.4, 0.5) is 0 Å². The van der Waals surface area contributed by atoms with Gasteiger partial charge < -0.3 is 0 Å². The summed E-state index contributed by atoms with van der Waals surface area (Å²) in [6.07, 6.45) is 1.75. The van der Waals surface area contributed by atoms with Crippen LogP contribution in [0.3, 0.4) is 0 Å². The maximum atomic E-state index is 8.98. The van der Waals surface area contributed by atoms with E-state index in [0.29, 0.717) is 5.69 Å². The molecule has 0 amide bonds. The molecule has 17 heavy (non-hydrogen) atoms. The van der Waals surface area contributed by atoms with Crippen molar-refractivity contribution in [2.75, 3.05) is 0 Å². The van der Waals surface area contributed by atoms with Crippen LogP contribution in [0.2, 0.25) is 0 Å². The molecule has 0 fully saturated rings. The Balaban J connectivity index is 2.52. The standard InChI is InChI=1S/C12H11BrN4/c1-2-4-12-11(8-14)15-16-17(12)10-6-3-5-9(13)7-10/h3,5-7H,2,4H2,1H3. The molecule has 0 aliphatic heterocycles. The van der Waals surface area contributed by atoms with Gasteiger partial charge in [0.15, 0.2) is 5.69 Å². The van der Waals surface area contributed by atoms with E-state index >= 15 is 0 Å². The molecule has 2 aromatic rings. The molecule has 0 atom stereocenters. The summed E-state index contributed by atoms with van der Waals surface area (Å²) in [6, 6.07) is 9.86. The highest BCUT2D eigenvalue weighted by Crippen LogP contribution is 2.18. The Hall–Kier alpha value is -1.67.